The Balaban J connectivity index is 0.000000240. The van der Waals surface area contributed by atoms with Gasteiger partial charge in [0.2, 0.25) is 22.4 Å². The van der Waals surface area contributed by atoms with Crippen LogP contribution < -0.4 is 26.4 Å². The van der Waals surface area contributed by atoms with Gasteiger partial charge in [-0.3, -0.25) is 38.5 Å². The van der Waals surface area contributed by atoms with Crippen LogP contribution in [0.4, 0.5) is 0 Å². The maximum Gasteiger partial charge on any atom is 0.352 e. The van der Waals surface area contributed by atoms with Crippen molar-refractivity contribution < 1.29 is 58.4 Å². The molecule has 58 heavy (non-hydrogen) atoms. The summed E-state index contributed by atoms with van der Waals surface area (Å²) in [7, 11) is 0. The van der Waals surface area contributed by atoms with Crippen LogP contribution in [-0.2, 0) is 41.9 Å². The number of aliphatic carboxylic acids is 2. The normalized spacial score (nSPS) is 15.1. The summed E-state index contributed by atoms with van der Waals surface area (Å²) in [5, 5.41) is 38.7. The van der Waals surface area contributed by atoms with Crippen molar-refractivity contribution in [2.75, 3.05) is 11.5 Å². The molecule has 3 amide bonds. The summed E-state index contributed by atoms with van der Waals surface area (Å²) in [4.78, 5) is 97.0. The van der Waals surface area contributed by atoms with Gasteiger partial charge in [-0.25, -0.2) is 9.48 Å². The molecule has 0 saturated carbocycles. The Bertz CT molecular complexity index is 2460. The van der Waals surface area contributed by atoms with Gasteiger partial charge in [0.25, 0.3) is 5.91 Å². The van der Waals surface area contributed by atoms with Crippen LogP contribution in [-0.4, -0.2) is 103 Å². The molecule has 0 bridgehead atoms. The fourth-order valence-electron chi connectivity index (χ4n) is 6.21. The Morgan fingerprint density at radius 2 is 1.64 bits per heavy atom. The zero-order valence-corrected chi connectivity index (χ0v) is 32.4. The third-order valence-corrected chi connectivity index (χ3v) is 10.8. The molecule has 4 aromatic rings. The van der Waals surface area contributed by atoms with Crippen LogP contribution in [0.25, 0.3) is 10.9 Å². The molecule has 23 heteroatoms. The van der Waals surface area contributed by atoms with Gasteiger partial charge in [0, 0.05) is 38.0 Å². The van der Waals surface area contributed by atoms with Crippen molar-refractivity contribution in [1.82, 2.24) is 29.7 Å². The van der Waals surface area contributed by atoms with Crippen molar-refractivity contribution in [3.05, 3.63) is 74.7 Å². The van der Waals surface area contributed by atoms with Gasteiger partial charge >= 0.3 is 23.9 Å². The van der Waals surface area contributed by atoms with Gasteiger partial charge in [0.05, 0.1) is 28.4 Å². The van der Waals surface area contributed by atoms with E-state index < -0.39 is 52.6 Å². The molecule has 6 rings (SSSR count). The number of carbonyl (C=O) groups is 7. The predicted molar refractivity (Wildman–Crippen MR) is 203 cm³/mol. The number of carbonyl (C=O) groups excluding carboxylic acids is 5. The number of tetrazole rings is 1. The minimum absolute atomic E-state index is 0.0229. The zero-order valence-electron chi connectivity index (χ0n) is 30.7. The zero-order chi connectivity index (χ0) is 42.6. The second-order valence-electron chi connectivity index (χ2n) is 12.4. The Morgan fingerprint density at radius 3 is 2.17 bits per heavy atom. The van der Waals surface area contributed by atoms with E-state index in [9.17, 15) is 48.6 Å². The second kappa shape index (κ2) is 17.6. The fraction of sp³-hybridized carbons (Fsp3) is 0.286. The molecule has 1 saturated heterocycles. The Labute approximate surface area is 334 Å². The van der Waals surface area contributed by atoms with Gasteiger partial charge in [-0.15, -0.1) is 16.9 Å². The SMILES string of the molecule is CCn1c(C(C(N)=O)c2ccc(O)cc2)c(C(N)=O)c(=O)c2cc(OC(C)=O)c(OC(C)=O)cc21.O=C(O)Cn1nnnc1SCC1=C(C(=O)O)N2C(=O)C[C@@H]2SC1. The molecule has 1 fully saturated rings. The van der Waals surface area contributed by atoms with E-state index >= 15 is 0 Å². The molecule has 7 N–H and O–H groups in total. The van der Waals surface area contributed by atoms with Crippen molar-refractivity contribution in [2.45, 2.75) is 56.7 Å². The first-order valence-electron chi connectivity index (χ1n) is 16.9. The lowest BCUT2D eigenvalue weighted by Gasteiger charge is -2.43. The number of pyridine rings is 1. The molecule has 2 aromatic carbocycles. The summed E-state index contributed by atoms with van der Waals surface area (Å²) in [5.74, 6) is -6.79. The highest BCUT2D eigenvalue weighted by Crippen LogP contribution is 2.41. The number of phenolic OH excluding ortho intramolecular Hbond substituents is 1. The number of carboxylic acid groups (broad SMARTS) is 2. The van der Waals surface area contributed by atoms with Crippen molar-refractivity contribution in [1.29, 1.82) is 0 Å². The lowest BCUT2D eigenvalue weighted by Crippen LogP contribution is -2.54. The summed E-state index contributed by atoms with van der Waals surface area (Å²) in [6.07, 6.45) is 0.360. The number of hydrogen-bond donors (Lipinski definition) is 5. The number of nitrogens with two attached hydrogens (primary N) is 2. The lowest BCUT2D eigenvalue weighted by atomic mass is 9.89. The highest BCUT2D eigenvalue weighted by molar-refractivity contribution is 8.00. The second-order valence-corrected chi connectivity index (χ2v) is 14.5. The molecular weight excluding hydrogens is 805 g/mol. The monoisotopic (exact) mass is 838 g/mol. The first kappa shape index (κ1) is 42.4. The maximum atomic E-state index is 13.5. The number of β-lactam (4-membered cyclic amide) rings is 1. The van der Waals surface area contributed by atoms with E-state index in [1.54, 1.807) is 6.92 Å². The molecule has 0 radical (unpaired) electrons. The van der Waals surface area contributed by atoms with Gasteiger partial charge in [-0.1, -0.05) is 23.9 Å². The molecule has 2 aliphatic heterocycles. The number of esters is 2. The van der Waals surface area contributed by atoms with Crippen LogP contribution in [0.15, 0.2) is 57.6 Å². The number of fused-ring (bicyclic) bond motifs is 2. The molecule has 2 atom stereocenters. The first-order chi connectivity index (χ1) is 27.4. The molecule has 2 aliphatic rings. The highest BCUT2D eigenvalue weighted by Gasteiger charge is 2.45. The smallest absolute Gasteiger partial charge is 0.352 e. The number of hydrogen-bond acceptors (Lipinski definition) is 16. The third kappa shape index (κ3) is 8.94. The number of thioether (sulfide) groups is 2. The minimum atomic E-state index is -1.29. The van der Waals surface area contributed by atoms with Gasteiger partial charge in [0.15, 0.2) is 11.5 Å². The first-order valence-corrected chi connectivity index (χ1v) is 19.0. The number of phenols is 1. The number of ether oxygens (including phenoxy) is 2. The Hall–Kier alpha value is -6.75. The van der Waals surface area contributed by atoms with Crippen LogP contribution in [0.2, 0.25) is 0 Å². The van der Waals surface area contributed by atoms with Crippen molar-refractivity contribution in [2.24, 2.45) is 11.5 Å². The van der Waals surface area contributed by atoms with Gasteiger partial charge in [-0.05, 0) is 46.7 Å². The molecule has 4 heterocycles. The van der Waals surface area contributed by atoms with Crippen LogP contribution in [0, 0.1) is 0 Å². The van der Waals surface area contributed by atoms with Crippen LogP contribution in [0.3, 0.4) is 0 Å². The molecule has 1 unspecified atom stereocenters. The molecule has 0 spiro atoms. The van der Waals surface area contributed by atoms with Gasteiger partial charge < -0.3 is 40.8 Å². The van der Waals surface area contributed by atoms with Crippen molar-refractivity contribution in [3.63, 3.8) is 0 Å². The number of aromatic nitrogens is 5. The number of aryl methyl sites for hydroxylation is 1. The van der Waals surface area contributed by atoms with Crippen LogP contribution in [0.5, 0.6) is 17.2 Å². The van der Waals surface area contributed by atoms with E-state index in [1.165, 1.54) is 57.6 Å². The summed E-state index contributed by atoms with van der Waals surface area (Å²) < 4.78 is 12.9. The molecule has 304 valence electrons. The molecule has 21 nitrogen and oxygen atoms in total. The van der Waals surface area contributed by atoms with E-state index in [0.29, 0.717) is 23.3 Å². The average molecular weight is 839 g/mol. The number of nitrogens with zero attached hydrogens (tertiary/aromatic N) is 6. The number of rotatable bonds is 13. The average Bonchev–Trinajstić information content (AvgIpc) is 3.57. The summed E-state index contributed by atoms with van der Waals surface area (Å²) in [5.41, 5.74) is 11.0. The standard InChI is InChI=1S/C24H23N3O8.C11H11N5O5S2/c1-4-27-16-10-18(35-12(3)29)17(34-11(2)28)9-15(16)22(31)20(24(26)33)21(27)19(23(25)32)13-5-7-14(30)8-6-13;17-6-1-7-16(6)9(10(20)21)5(3-22-7)4-23-11-12-13-14-15(11)2-8(18)19/h5-10,19,30H,4H2,1-3H3,(H2,25,32)(H2,26,33);7H,1-4H2,(H,18,19)(H,20,21)/t;7-/m.0/s1. The number of aromatic hydroxyl groups is 1. The lowest BCUT2D eigenvalue weighted by molar-refractivity contribution is -0.146. The molecular formula is C35H34N8O13S2. The predicted octanol–water partition coefficient (Wildman–Crippen LogP) is 0.787. The van der Waals surface area contributed by atoms with Gasteiger partial charge in [-0.2, -0.15) is 0 Å². The Kier molecular flexibility index (Phi) is 12.9. The number of amides is 3. The van der Waals surface area contributed by atoms with Gasteiger partial charge in [0.1, 0.15) is 29.5 Å². The van der Waals surface area contributed by atoms with Crippen LogP contribution >= 0.6 is 23.5 Å². The Morgan fingerprint density at radius 1 is 1.00 bits per heavy atom. The van der Waals surface area contributed by atoms with E-state index in [0.717, 1.165) is 30.3 Å². The number of carboxylic acids is 2. The highest BCUT2D eigenvalue weighted by atomic mass is 32.2. The quantitative estimate of drug-likeness (QED) is 0.0538. The van der Waals surface area contributed by atoms with E-state index in [1.807, 2.05) is 0 Å². The third-order valence-electron chi connectivity index (χ3n) is 8.52. The summed E-state index contributed by atoms with van der Waals surface area (Å²) in [6, 6.07) is 7.98. The molecule has 2 aromatic heterocycles. The topological polar surface area (TPSA) is 320 Å². The number of benzene rings is 2. The fourth-order valence-corrected chi connectivity index (χ4v) is 8.49. The summed E-state index contributed by atoms with van der Waals surface area (Å²) in [6.45, 7) is 3.73. The minimum Gasteiger partial charge on any atom is -0.508 e. The van der Waals surface area contributed by atoms with Crippen LogP contribution in [0.1, 0.15) is 54.7 Å². The summed E-state index contributed by atoms with van der Waals surface area (Å²) >= 11 is 2.66. The van der Waals surface area contributed by atoms with E-state index in [4.69, 9.17) is 26.0 Å². The molecule has 0 aliphatic carbocycles. The largest absolute Gasteiger partial charge is 0.508 e. The number of primary amides is 2. The van der Waals surface area contributed by atoms with E-state index in [2.05, 4.69) is 15.5 Å². The van der Waals surface area contributed by atoms with Crippen molar-refractivity contribution in [3.8, 4) is 17.2 Å². The van der Waals surface area contributed by atoms with Crippen molar-refractivity contribution >= 4 is 76.0 Å². The van der Waals surface area contributed by atoms with E-state index in [-0.39, 0.29) is 74.8 Å². The maximum absolute atomic E-state index is 13.5.